The van der Waals surface area contributed by atoms with Gasteiger partial charge in [-0.2, -0.15) is 5.26 Å². The van der Waals surface area contributed by atoms with E-state index in [2.05, 4.69) is 4.74 Å². The molecule has 11 heavy (non-hydrogen) atoms. The van der Waals surface area contributed by atoms with Crippen LogP contribution in [0.5, 0.6) is 0 Å². The quantitative estimate of drug-likeness (QED) is 0.203. The molecule has 0 fully saturated rings. The zero-order chi connectivity index (χ0) is 7.98. The third kappa shape index (κ3) is 5.92. The molecule has 0 aliphatic heterocycles. The van der Waals surface area contributed by atoms with E-state index < -0.39 is 11.7 Å². The first-order valence-electron chi connectivity index (χ1n) is 2.68. The van der Waals surface area contributed by atoms with Crippen LogP contribution in [0, 0.1) is 11.3 Å². The Hall–Kier alpha value is -0.500. The third-order valence-corrected chi connectivity index (χ3v) is 0.686. The predicted octanol–water partition coefficient (Wildman–Crippen LogP) is -0.134. The topological polar surface area (TPSA) is 70.3 Å². The van der Waals surface area contributed by atoms with Crippen LogP contribution in [0.25, 0.3) is 0 Å². The van der Waals surface area contributed by atoms with E-state index in [0.717, 1.165) is 6.08 Å². The van der Waals surface area contributed by atoms with Crippen LogP contribution >= 0.6 is 0 Å². The Labute approximate surface area is 86.7 Å². The second kappa shape index (κ2) is 7.61. The number of carbonyl (C=O) groups is 1. The molecular formula is C6H8NNaO3. The van der Waals surface area contributed by atoms with Crippen molar-refractivity contribution >= 4 is 35.5 Å². The second-order valence-electron chi connectivity index (χ2n) is 1.38. The van der Waals surface area contributed by atoms with Crippen LogP contribution in [0.15, 0.2) is 11.8 Å². The zero-order valence-electron chi connectivity index (χ0n) is 5.50. The fraction of sp³-hybridized carbons (Fsp3) is 0.333. The Morgan fingerprint density at radius 1 is 1.82 bits per heavy atom. The normalized spacial score (nSPS) is 9.27. The number of aliphatic hydroxyl groups is 1. The van der Waals surface area contributed by atoms with Crippen LogP contribution in [0.3, 0.4) is 0 Å². The summed E-state index contributed by atoms with van der Waals surface area (Å²) in [5.74, 6) is -1.53. The SMILES string of the molecule is CCOC(=O)/C(O)=C/C#N.[NaH]. The monoisotopic (exact) mass is 165 g/mol. The van der Waals surface area contributed by atoms with Crippen molar-refractivity contribution in [2.75, 3.05) is 6.61 Å². The molecule has 0 aliphatic rings. The summed E-state index contributed by atoms with van der Waals surface area (Å²) in [4.78, 5) is 10.4. The number of rotatable bonds is 2. The van der Waals surface area contributed by atoms with Gasteiger partial charge >= 0.3 is 35.5 Å². The van der Waals surface area contributed by atoms with Gasteiger partial charge in [-0.1, -0.05) is 0 Å². The Kier molecular flexibility index (Phi) is 9.07. The first-order valence-corrected chi connectivity index (χ1v) is 2.68. The van der Waals surface area contributed by atoms with Gasteiger partial charge in [0, 0.05) is 0 Å². The number of nitriles is 1. The molecule has 0 saturated heterocycles. The molecule has 0 heterocycles. The van der Waals surface area contributed by atoms with Crippen LogP contribution in [-0.2, 0) is 9.53 Å². The summed E-state index contributed by atoms with van der Waals surface area (Å²) in [7, 11) is 0. The number of nitrogens with zero attached hydrogens (tertiary/aromatic N) is 1. The van der Waals surface area contributed by atoms with E-state index in [9.17, 15) is 4.79 Å². The zero-order valence-corrected chi connectivity index (χ0v) is 5.50. The first kappa shape index (κ1) is 13.1. The maximum atomic E-state index is 10.4. The van der Waals surface area contributed by atoms with Crippen molar-refractivity contribution < 1.29 is 14.6 Å². The van der Waals surface area contributed by atoms with Crippen LogP contribution in [0.2, 0.25) is 0 Å². The number of carbonyl (C=O) groups excluding carboxylic acids is 1. The van der Waals surface area contributed by atoms with Crippen LogP contribution in [0.4, 0.5) is 0 Å². The number of esters is 1. The van der Waals surface area contributed by atoms with E-state index in [4.69, 9.17) is 10.4 Å². The van der Waals surface area contributed by atoms with Crippen LogP contribution < -0.4 is 0 Å². The Balaban J connectivity index is 0. The van der Waals surface area contributed by atoms with Gasteiger partial charge in [0.15, 0.2) is 0 Å². The van der Waals surface area contributed by atoms with E-state index in [1.165, 1.54) is 6.07 Å². The van der Waals surface area contributed by atoms with Crippen molar-refractivity contribution in [3.8, 4) is 6.07 Å². The number of ether oxygens (including phenoxy) is 1. The van der Waals surface area contributed by atoms with E-state index in [0.29, 0.717) is 0 Å². The van der Waals surface area contributed by atoms with E-state index in [1.807, 2.05) is 0 Å². The van der Waals surface area contributed by atoms with E-state index in [-0.39, 0.29) is 36.2 Å². The number of allylic oxidation sites excluding steroid dienone is 1. The van der Waals surface area contributed by atoms with Crippen molar-refractivity contribution in [1.82, 2.24) is 0 Å². The van der Waals surface area contributed by atoms with Gasteiger partial charge < -0.3 is 9.84 Å². The van der Waals surface area contributed by atoms with Crippen molar-refractivity contribution in [3.05, 3.63) is 11.8 Å². The molecule has 0 aromatic carbocycles. The molecule has 5 heteroatoms. The molecule has 0 radical (unpaired) electrons. The van der Waals surface area contributed by atoms with Gasteiger partial charge in [0.1, 0.15) is 0 Å². The molecule has 0 aromatic heterocycles. The van der Waals surface area contributed by atoms with Crippen LogP contribution in [-0.4, -0.2) is 47.2 Å². The summed E-state index contributed by atoms with van der Waals surface area (Å²) in [5.41, 5.74) is 0. The van der Waals surface area contributed by atoms with Gasteiger partial charge in [-0.05, 0) is 6.92 Å². The summed E-state index contributed by atoms with van der Waals surface area (Å²) in [6, 6.07) is 1.49. The summed E-state index contributed by atoms with van der Waals surface area (Å²) < 4.78 is 4.35. The van der Waals surface area contributed by atoms with Crippen molar-refractivity contribution in [3.63, 3.8) is 0 Å². The standard InChI is InChI=1S/C6H7NO3.Na.H/c1-2-10-6(9)5(8)3-4-7;;/h3,8H,2H2,1H3;;/b5-3-;;. The van der Waals surface area contributed by atoms with Gasteiger partial charge in [0.25, 0.3) is 0 Å². The number of hydrogen-bond acceptors (Lipinski definition) is 4. The first-order chi connectivity index (χ1) is 4.72. The number of hydrogen-bond donors (Lipinski definition) is 1. The molecule has 0 rings (SSSR count). The van der Waals surface area contributed by atoms with Crippen molar-refractivity contribution in [2.24, 2.45) is 0 Å². The van der Waals surface area contributed by atoms with Gasteiger partial charge in [-0.25, -0.2) is 4.79 Å². The molecule has 56 valence electrons. The van der Waals surface area contributed by atoms with E-state index >= 15 is 0 Å². The summed E-state index contributed by atoms with van der Waals surface area (Å²) in [5, 5.41) is 16.6. The van der Waals surface area contributed by atoms with Crippen LogP contribution in [0.1, 0.15) is 6.92 Å². The molecule has 4 nitrogen and oxygen atoms in total. The van der Waals surface area contributed by atoms with Gasteiger partial charge in [-0.15, -0.1) is 0 Å². The molecule has 1 N–H and O–H groups in total. The molecule has 0 bridgehead atoms. The molecule has 0 unspecified atom stereocenters. The molecule has 0 aromatic rings. The predicted molar refractivity (Wildman–Crippen MR) is 40.1 cm³/mol. The minimum atomic E-state index is -0.871. The fourth-order valence-corrected chi connectivity index (χ4v) is 0.325. The molecule has 0 amide bonds. The Morgan fingerprint density at radius 3 is 2.73 bits per heavy atom. The summed E-state index contributed by atoms with van der Waals surface area (Å²) in [6.07, 6.45) is 0.720. The Bertz CT molecular complexity index is 194. The molecule has 0 atom stereocenters. The fourth-order valence-electron chi connectivity index (χ4n) is 0.325. The number of aliphatic hydroxyl groups excluding tert-OH is 1. The average Bonchev–Trinajstić information content (AvgIpc) is 1.89. The van der Waals surface area contributed by atoms with Gasteiger partial charge in [0.2, 0.25) is 5.76 Å². The average molecular weight is 165 g/mol. The molecule has 0 spiro atoms. The summed E-state index contributed by atoms with van der Waals surface area (Å²) >= 11 is 0. The van der Waals surface area contributed by atoms with E-state index in [1.54, 1.807) is 6.92 Å². The Morgan fingerprint density at radius 2 is 2.36 bits per heavy atom. The summed E-state index contributed by atoms with van der Waals surface area (Å²) in [6.45, 7) is 1.79. The van der Waals surface area contributed by atoms with Crippen molar-refractivity contribution in [1.29, 1.82) is 5.26 Å². The van der Waals surface area contributed by atoms with Crippen molar-refractivity contribution in [2.45, 2.75) is 6.92 Å². The molecular weight excluding hydrogens is 157 g/mol. The third-order valence-electron chi connectivity index (χ3n) is 0.686. The second-order valence-corrected chi connectivity index (χ2v) is 1.38. The van der Waals surface area contributed by atoms with Gasteiger partial charge in [0.05, 0.1) is 18.8 Å². The molecule has 0 saturated carbocycles. The maximum absolute atomic E-state index is 10.4. The van der Waals surface area contributed by atoms with Gasteiger partial charge in [-0.3, -0.25) is 0 Å². The molecule has 0 aliphatic carbocycles. The minimum absolute atomic E-state index is 0.